The van der Waals surface area contributed by atoms with Crippen molar-refractivity contribution in [2.75, 3.05) is 25.5 Å². The van der Waals surface area contributed by atoms with Gasteiger partial charge in [-0.2, -0.15) is 0 Å². The van der Waals surface area contributed by atoms with Crippen molar-refractivity contribution < 1.29 is 18.7 Å². The zero-order valence-electron chi connectivity index (χ0n) is 13.8. The van der Waals surface area contributed by atoms with Crippen LogP contribution in [0.15, 0.2) is 48.5 Å². The van der Waals surface area contributed by atoms with Gasteiger partial charge in [-0.05, 0) is 42.0 Å². The second-order valence-electron chi connectivity index (χ2n) is 5.28. The first kappa shape index (κ1) is 18.4. The third kappa shape index (κ3) is 6.60. The minimum atomic E-state index is -0.322. The Morgan fingerprint density at radius 3 is 2.28 bits per heavy atom. The SMILES string of the molecule is COc1ccc(NC(=O)CNC(=O)CNCc2ccc(F)cc2)cc1. The molecule has 0 aliphatic carbocycles. The number of rotatable bonds is 8. The zero-order chi connectivity index (χ0) is 18.1. The second kappa shape index (κ2) is 9.39. The van der Waals surface area contributed by atoms with Crippen LogP contribution in [0.1, 0.15) is 5.56 Å². The van der Waals surface area contributed by atoms with Gasteiger partial charge in [-0.25, -0.2) is 4.39 Å². The summed E-state index contributed by atoms with van der Waals surface area (Å²) < 4.78 is 17.8. The minimum absolute atomic E-state index is 0.0627. The first-order chi connectivity index (χ1) is 12.1. The summed E-state index contributed by atoms with van der Waals surface area (Å²) in [6, 6.07) is 12.9. The second-order valence-corrected chi connectivity index (χ2v) is 5.28. The Morgan fingerprint density at radius 1 is 0.960 bits per heavy atom. The van der Waals surface area contributed by atoms with Crippen molar-refractivity contribution in [3.63, 3.8) is 0 Å². The lowest BCUT2D eigenvalue weighted by atomic mass is 10.2. The zero-order valence-corrected chi connectivity index (χ0v) is 13.8. The lowest BCUT2D eigenvalue weighted by Crippen LogP contribution is -2.38. The van der Waals surface area contributed by atoms with E-state index in [1.165, 1.54) is 12.1 Å². The number of ether oxygens (including phenoxy) is 1. The number of hydrogen-bond donors (Lipinski definition) is 3. The van der Waals surface area contributed by atoms with Crippen molar-refractivity contribution in [1.82, 2.24) is 10.6 Å². The van der Waals surface area contributed by atoms with Crippen molar-refractivity contribution in [1.29, 1.82) is 0 Å². The van der Waals surface area contributed by atoms with Gasteiger partial charge >= 0.3 is 0 Å². The van der Waals surface area contributed by atoms with E-state index in [9.17, 15) is 14.0 Å². The maximum atomic E-state index is 12.8. The smallest absolute Gasteiger partial charge is 0.243 e. The van der Waals surface area contributed by atoms with Gasteiger partial charge in [0, 0.05) is 12.2 Å². The molecule has 6 nitrogen and oxygen atoms in total. The normalized spacial score (nSPS) is 10.2. The number of carbonyl (C=O) groups is 2. The van der Waals surface area contributed by atoms with Gasteiger partial charge in [0.05, 0.1) is 20.2 Å². The first-order valence-electron chi connectivity index (χ1n) is 7.72. The molecule has 2 aromatic carbocycles. The maximum Gasteiger partial charge on any atom is 0.243 e. The number of anilines is 1. The molecule has 0 atom stereocenters. The van der Waals surface area contributed by atoms with Gasteiger partial charge in [0.1, 0.15) is 11.6 Å². The summed E-state index contributed by atoms with van der Waals surface area (Å²) in [7, 11) is 1.56. The molecule has 0 fully saturated rings. The van der Waals surface area contributed by atoms with E-state index >= 15 is 0 Å². The fourth-order valence-electron chi connectivity index (χ4n) is 2.04. The molecule has 2 amide bonds. The number of benzene rings is 2. The van der Waals surface area contributed by atoms with Crippen molar-refractivity contribution in [2.45, 2.75) is 6.54 Å². The Labute approximate surface area is 145 Å². The van der Waals surface area contributed by atoms with Crippen LogP contribution in [0.4, 0.5) is 10.1 Å². The molecule has 3 N–H and O–H groups in total. The molecule has 7 heteroatoms. The summed E-state index contributed by atoms with van der Waals surface area (Å²) in [6.07, 6.45) is 0. The topological polar surface area (TPSA) is 79.5 Å². The number of carbonyl (C=O) groups excluding carboxylic acids is 2. The van der Waals surface area contributed by atoms with E-state index in [-0.39, 0.29) is 30.7 Å². The highest BCUT2D eigenvalue weighted by atomic mass is 19.1. The van der Waals surface area contributed by atoms with Crippen molar-refractivity contribution >= 4 is 17.5 Å². The van der Waals surface area contributed by atoms with Crippen molar-refractivity contribution in [3.05, 3.63) is 59.9 Å². The molecule has 132 valence electrons. The molecule has 0 saturated heterocycles. The fraction of sp³-hybridized carbons (Fsp3) is 0.222. The van der Waals surface area contributed by atoms with Crippen LogP contribution in [-0.2, 0) is 16.1 Å². The fourth-order valence-corrected chi connectivity index (χ4v) is 2.04. The van der Waals surface area contributed by atoms with Crippen LogP contribution in [0.5, 0.6) is 5.75 Å². The van der Waals surface area contributed by atoms with Crippen LogP contribution in [0.2, 0.25) is 0 Å². The van der Waals surface area contributed by atoms with Gasteiger partial charge in [0.25, 0.3) is 0 Å². The summed E-state index contributed by atoms with van der Waals surface area (Å²) >= 11 is 0. The Balaban J connectivity index is 1.64. The molecular weight excluding hydrogens is 325 g/mol. The lowest BCUT2D eigenvalue weighted by Gasteiger charge is -2.08. The molecule has 0 aromatic heterocycles. The molecule has 25 heavy (non-hydrogen) atoms. The molecule has 0 heterocycles. The summed E-state index contributed by atoms with van der Waals surface area (Å²) in [5.74, 6) is -0.230. The Bertz CT molecular complexity index is 703. The van der Waals surface area contributed by atoms with Gasteiger partial charge in [-0.1, -0.05) is 12.1 Å². The monoisotopic (exact) mass is 345 g/mol. The Morgan fingerprint density at radius 2 is 1.64 bits per heavy atom. The van der Waals surface area contributed by atoms with E-state index in [0.717, 1.165) is 5.56 Å². The van der Waals surface area contributed by atoms with Crippen molar-refractivity contribution in [2.24, 2.45) is 0 Å². The van der Waals surface area contributed by atoms with E-state index < -0.39 is 0 Å². The van der Waals surface area contributed by atoms with E-state index in [4.69, 9.17) is 4.74 Å². The average Bonchev–Trinajstić information content (AvgIpc) is 2.62. The summed E-state index contributed by atoms with van der Waals surface area (Å²) in [5.41, 5.74) is 1.49. The Kier molecular flexibility index (Phi) is 6.91. The summed E-state index contributed by atoms with van der Waals surface area (Å²) in [6.45, 7) is 0.377. The van der Waals surface area contributed by atoms with E-state index in [1.807, 2.05) is 0 Å². The van der Waals surface area contributed by atoms with E-state index in [2.05, 4.69) is 16.0 Å². The maximum absolute atomic E-state index is 12.8. The minimum Gasteiger partial charge on any atom is -0.497 e. The highest BCUT2D eigenvalue weighted by molar-refractivity contribution is 5.94. The van der Waals surface area contributed by atoms with Crippen LogP contribution in [0, 0.1) is 5.82 Å². The predicted octanol–water partition coefficient (Wildman–Crippen LogP) is 1.68. The molecule has 0 spiro atoms. The number of methoxy groups -OCH3 is 1. The van der Waals surface area contributed by atoms with Crippen LogP contribution >= 0.6 is 0 Å². The van der Waals surface area contributed by atoms with Crippen LogP contribution < -0.4 is 20.7 Å². The van der Waals surface area contributed by atoms with Crippen LogP contribution in [-0.4, -0.2) is 32.0 Å². The lowest BCUT2D eigenvalue weighted by molar-refractivity contribution is -0.123. The molecule has 0 radical (unpaired) electrons. The number of halogens is 1. The summed E-state index contributed by atoms with van der Waals surface area (Å²) in [4.78, 5) is 23.5. The highest BCUT2D eigenvalue weighted by Crippen LogP contribution is 2.14. The summed E-state index contributed by atoms with van der Waals surface area (Å²) in [5, 5.41) is 8.12. The molecule has 0 saturated carbocycles. The molecule has 0 bridgehead atoms. The number of nitrogens with one attached hydrogen (secondary N) is 3. The molecule has 0 aliphatic rings. The quantitative estimate of drug-likeness (QED) is 0.680. The first-order valence-corrected chi connectivity index (χ1v) is 7.72. The number of hydrogen-bond acceptors (Lipinski definition) is 4. The largest absolute Gasteiger partial charge is 0.497 e. The van der Waals surface area contributed by atoms with Crippen LogP contribution in [0.3, 0.4) is 0 Å². The third-order valence-electron chi connectivity index (χ3n) is 3.35. The van der Waals surface area contributed by atoms with Crippen LogP contribution in [0.25, 0.3) is 0 Å². The molecule has 2 rings (SSSR count). The van der Waals surface area contributed by atoms with Gasteiger partial charge < -0.3 is 20.7 Å². The molecule has 2 aromatic rings. The third-order valence-corrected chi connectivity index (χ3v) is 3.35. The van der Waals surface area contributed by atoms with Gasteiger partial charge in [-0.15, -0.1) is 0 Å². The molecule has 0 unspecified atom stereocenters. The van der Waals surface area contributed by atoms with E-state index in [0.29, 0.717) is 18.0 Å². The van der Waals surface area contributed by atoms with Gasteiger partial charge in [0.2, 0.25) is 11.8 Å². The molecular formula is C18H20FN3O3. The average molecular weight is 345 g/mol. The predicted molar refractivity (Wildman–Crippen MR) is 92.7 cm³/mol. The van der Waals surface area contributed by atoms with Gasteiger partial charge in [0.15, 0.2) is 0 Å². The van der Waals surface area contributed by atoms with E-state index in [1.54, 1.807) is 43.5 Å². The number of amides is 2. The molecule has 0 aliphatic heterocycles. The van der Waals surface area contributed by atoms with Crippen molar-refractivity contribution in [3.8, 4) is 5.75 Å². The van der Waals surface area contributed by atoms with Gasteiger partial charge in [-0.3, -0.25) is 9.59 Å². The standard InChI is InChI=1S/C18H20FN3O3/c1-25-16-8-6-15(7-9-16)22-18(24)12-21-17(23)11-20-10-13-2-4-14(19)5-3-13/h2-9,20H,10-12H2,1H3,(H,21,23)(H,22,24). The highest BCUT2D eigenvalue weighted by Gasteiger charge is 2.06. The Hall–Kier alpha value is -2.93.